The minimum Gasteiger partial charge on any atom is -0.457 e. The maximum atomic E-state index is 10.7. The highest BCUT2D eigenvalue weighted by molar-refractivity contribution is 9.10. The fourth-order valence-corrected chi connectivity index (χ4v) is 2.15. The largest absolute Gasteiger partial charge is 0.457 e. The van der Waals surface area contributed by atoms with E-state index in [1.807, 2.05) is 6.07 Å². The molecule has 0 amide bonds. The van der Waals surface area contributed by atoms with Crippen LogP contribution < -0.4 is 4.74 Å². The normalized spacial score (nSPS) is 9.85. The lowest BCUT2D eigenvalue weighted by Gasteiger charge is -2.09. The van der Waals surface area contributed by atoms with Crippen LogP contribution in [0.2, 0.25) is 0 Å². The second kappa shape index (κ2) is 5.72. The first-order chi connectivity index (χ1) is 9.49. The van der Waals surface area contributed by atoms with Crippen LogP contribution in [-0.4, -0.2) is 4.92 Å². The molecule has 2 aromatic carbocycles. The number of non-ortho nitro benzene ring substituents is 1. The highest BCUT2D eigenvalue weighted by Gasteiger charge is 2.10. The average Bonchev–Trinajstić information content (AvgIpc) is 2.40. The van der Waals surface area contributed by atoms with Crippen LogP contribution in [0.15, 0.2) is 40.9 Å². The molecule has 0 atom stereocenters. The van der Waals surface area contributed by atoms with Crippen molar-refractivity contribution in [2.24, 2.45) is 0 Å². The van der Waals surface area contributed by atoms with Crippen LogP contribution in [0.5, 0.6) is 11.5 Å². The van der Waals surface area contributed by atoms with Gasteiger partial charge in [-0.1, -0.05) is 15.9 Å². The monoisotopic (exact) mass is 332 g/mol. The number of hydrogen-bond donors (Lipinski definition) is 0. The molecule has 6 heteroatoms. The van der Waals surface area contributed by atoms with Crippen LogP contribution in [0.25, 0.3) is 0 Å². The molecule has 0 bridgehead atoms. The molecular weight excluding hydrogens is 324 g/mol. The van der Waals surface area contributed by atoms with Gasteiger partial charge in [-0.15, -0.1) is 0 Å². The van der Waals surface area contributed by atoms with E-state index in [9.17, 15) is 10.1 Å². The molecule has 2 rings (SSSR count). The number of ether oxygens (including phenoxy) is 1. The van der Waals surface area contributed by atoms with Crippen LogP contribution >= 0.6 is 15.9 Å². The molecule has 0 N–H and O–H groups in total. The number of nitro benzene ring substituents is 1. The minimum atomic E-state index is -0.455. The average molecular weight is 333 g/mol. The summed E-state index contributed by atoms with van der Waals surface area (Å²) in [4.78, 5) is 10.2. The van der Waals surface area contributed by atoms with Crippen molar-refractivity contribution >= 4 is 21.6 Å². The van der Waals surface area contributed by atoms with Crippen molar-refractivity contribution in [1.82, 2.24) is 0 Å². The molecule has 0 saturated heterocycles. The van der Waals surface area contributed by atoms with Crippen molar-refractivity contribution in [2.45, 2.75) is 6.92 Å². The van der Waals surface area contributed by atoms with E-state index in [4.69, 9.17) is 10.00 Å². The molecule has 0 unspecified atom stereocenters. The number of aryl methyl sites for hydroxylation is 1. The fourth-order valence-electron chi connectivity index (χ4n) is 1.67. The van der Waals surface area contributed by atoms with Gasteiger partial charge in [0, 0.05) is 16.6 Å². The van der Waals surface area contributed by atoms with Crippen LogP contribution in [0, 0.1) is 28.4 Å². The predicted molar refractivity (Wildman–Crippen MR) is 76.8 cm³/mol. The van der Waals surface area contributed by atoms with E-state index in [-0.39, 0.29) is 5.69 Å². The Morgan fingerprint density at radius 3 is 2.65 bits per heavy atom. The van der Waals surface area contributed by atoms with Crippen molar-refractivity contribution < 1.29 is 9.66 Å². The van der Waals surface area contributed by atoms with Gasteiger partial charge in [-0.3, -0.25) is 10.1 Å². The van der Waals surface area contributed by atoms with Gasteiger partial charge in [0.25, 0.3) is 5.69 Å². The first-order valence-corrected chi connectivity index (χ1v) is 6.42. The second-order valence-electron chi connectivity index (χ2n) is 4.10. The second-order valence-corrected chi connectivity index (χ2v) is 5.01. The minimum absolute atomic E-state index is 0.0156. The van der Waals surface area contributed by atoms with Gasteiger partial charge in [0.2, 0.25) is 0 Å². The Hall–Kier alpha value is -2.39. The number of nitriles is 1. The van der Waals surface area contributed by atoms with Gasteiger partial charge >= 0.3 is 0 Å². The molecule has 2 aromatic rings. The number of rotatable bonds is 3. The number of benzene rings is 2. The lowest BCUT2D eigenvalue weighted by molar-refractivity contribution is -0.384. The third kappa shape index (κ3) is 3.13. The third-order valence-corrected chi connectivity index (χ3v) is 3.06. The maximum Gasteiger partial charge on any atom is 0.269 e. The van der Waals surface area contributed by atoms with E-state index >= 15 is 0 Å². The zero-order chi connectivity index (χ0) is 14.7. The number of nitrogens with zero attached hydrogens (tertiary/aromatic N) is 2. The van der Waals surface area contributed by atoms with E-state index in [0.717, 1.165) is 4.47 Å². The zero-order valence-corrected chi connectivity index (χ0v) is 12.0. The summed E-state index contributed by atoms with van der Waals surface area (Å²) in [6, 6.07) is 11.4. The number of nitro groups is 1. The molecule has 0 radical (unpaired) electrons. The summed E-state index contributed by atoms with van der Waals surface area (Å²) < 4.78 is 6.39. The van der Waals surface area contributed by atoms with Crippen molar-refractivity contribution in [3.63, 3.8) is 0 Å². The van der Waals surface area contributed by atoms with Gasteiger partial charge in [-0.05, 0) is 36.8 Å². The molecule has 0 aliphatic carbocycles. The molecule has 0 heterocycles. The summed E-state index contributed by atoms with van der Waals surface area (Å²) in [6.07, 6.45) is 0. The molecule has 100 valence electrons. The fraction of sp³-hybridized carbons (Fsp3) is 0.0714. The van der Waals surface area contributed by atoms with Crippen LogP contribution in [0.1, 0.15) is 11.1 Å². The first-order valence-electron chi connectivity index (χ1n) is 5.63. The summed E-state index contributed by atoms with van der Waals surface area (Å²) in [5.74, 6) is 1.01. The Labute approximate surface area is 123 Å². The van der Waals surface area contributed by atoms with Crippen molar-refractivity contribution in [3.05, 3.63) is 62.1 Å². The number of halogens is 1. The van der Waals surface area contributed by atoms with Gasteiger partial charge in [-0.2, -0.15) is 5.26 Å². The summed E-state index contributed by atoms with van der Waals surface area (Å²) in [6.45, 7) is 1.73. The number of hydrogen-bond acceptors (Lipinski definition) is 4. The Bertz CT molecular complexity index is 723. The van der Waals surface area contributed by atoms with E-state index in [0.29, 0.717) is 22.6 Å². The van der Waals surface area contributed by atoms with Crippen LogP contribution in [0.4, 0.5) is 5.69 Å². The first kappa shape index (κ1) is 14.0. The van der Waals surface area contributed by atoms with E-state index in [2.05, 4.69) is 15.9 Å². The van der Waals surface area contributed by atoms with Crippen LogP contribution in [-0.2, 0) is 0 Å². The highest BCUT2D eigenvalue weighted by Crippen LogP contribution is 2.30. The Morgan fingerprint density at radius 2 is 2.05 bits per heavy atom. The molecule has 0 aliphatic heterocycles. The van der Waals surface area contributed by atoms with Gasteiger partial charge < -0.3 is 4.74 Å². The zero-order valence-electron chi connectivity index (χ0n) is 10.5. The quantitative estimate of drug-likeness (QED) is 0.619. The van der Waals surface area contributed by atoms with Gasteiger partial charge in [-0.25, -0.2) is 0 Å². The molecule has 0 fully saturated rings. The summed E-state index contributed by atoms with van der Waals surface area (Å²) >= 11 is 3.30. The Balaban J connectivity index is 2.33. The molecule has 20 heavy (non-hydrogen) atoms. The molecule has 5 nitrogen and oxygen atoms in total. The van der Waals surface area contributed by atoms with Crippen molar-refractivity contribution in [3.8, 4) is 17.6 Å². The lowest BCUT2D eigenvalue weighted by atomic mass is 10.2. The standard InChI is InChI=1S/C14H9BrN2O3/c1-9-4-12(17(18)19)2-3-14(9)20-13-6-10(8-16)5-11(15)7-13/h2-7H,1H3. The molecule has 0 spiro atoms. The van der Waals surface area contributed by atoms with Gasteiger partial charge in [0.05, 0.1) is 16.6 Å². The topological polar surface area (TPSA) is 76.2 Å². The van der Waals surface area contributed by atoms with E-state index in [1.54, 1.807) is 31.2 Å². The maximum absolute atomic E-state index is 10.7. The highest BCUT2D eigenvalue weighted by atomic mass is 79.9. The Morgan fingerprint density at radius 1 is 1.30 bits per heavy atom. The SMILES string of the molecule is Cc1cc([N+](=O)[O-])ccc1Oc1cc(Br)cc(C#N)c1. The molecule has 0 saturated carbocycles. The van der Waals surface area contributed by atoms with Gasteiger partial charge in [0.15, 0.2) is 0 Å². The van der Waals surface area contributed by atoms with Crippen molar-refractivity contribution in [1.29, 1.82) is 5.26 Å². The molecule has 0 aliphatic rings. The summed E-state index contributed by atoms with van der Waals surface area (Å²) in [5.41, 5.74) is 1.13. The van der Waals surface area contributed by atoms with E-state index < -0.39 is 4.92 Å². The lowest BCUT2D eigenvalue weighted by Crippen LogP contribution is -1.92. The summed E-state index contributed by atoms with van der Waals surface area (Å²) in [5, 5.41) is 19.6. The van der Waals surface area contributed by atoms with Gasteiger partial charge in [0.1, 0.15) is 11.5 Å². The Kier molecular flexibility index (Phi) is 4.01. The third-order valence-electron chi connectivity index (χ3n) is 2.60. The van der Waals surface area contributed by atoms with E-state index in [1.165, 1.54) is 12.1 Å². The smallest absolute Gasteiger partial charge is 0.269 e. The molecule has 0 aromatic heterocycles. The predicted octanol–water partition coefficient (Wildman–Crippen LogP) is 4.33. The van der Waals surface area contributed by atoms with Crippen molar-refractivity contribution in [2.75, 3.05) is 0 Å². The summed E-state index contributed by atoms with van der Waals surface area (Å²) in [7, 11) is 0. The van der Waals surface area contributed by atoms with Crippen LogP contribution in [0.3, 0.4) is 0 Å². The molecular formula is C14H9BrN2O3.